The van der Waals surface area contributed by atoms with E-state index >= 15 is 0 Å². The van der Waals surface area contributed by atoms with Gasteiger partial charge in [-0.05, 0) is 24.6 Å². The van der Waals surface area contributed by atoms with Crippen LogP contribution in [0.4, 0.5) is 0 Å². The highest BCUT2D eigenvalue weighted by atomic mass is 35.5. The van der Waals surface area contributed by atoms with Crippen LogP contribution in [0.5, 0.6) is 0 Å². The summed E-state index contributed by atoms with van der Waals surface area (Å²) in [6.07, 6.45) is 1.64. The van der Waals surface area contributed by atoms with Crippen molar-refractivity contribution in [2.24, 2.45) is 0 Å². The molecule has 1 aromatic heterocycles. The first-order valence-electron chi connectivity index (χ1n) is 4.87. The van der Waals surface area contributed by atoms with Crippen molar-refractivity contribution in [3.63, 3.8) is 0 Å². The predicted octanol–water partition coefficient (Wildman–Crippen LogP) is 3.19. The molecule has 0 aliphatic carbocycles. The molecule has 0 radical (unpaired) electrons. The molecule has 0 saturated carbocycles. The largest absolute Gasteiger partial charge is 0.315 e. The number of hydrogen-bond donors (Lipinski definition) is 0. The molecule has 0 N–H and O–H groups in total. The van der Waals surface area contributed by atoms with Crippen molar-refractivity contribution in [2.45, 2.75) is 13.5 Å². The number of rotatable bonds is 2. The molecular formula is C12H11Cl2N3. The minimum absolute atomic E-state index is 0. The Hall–Kier alpha value is -1.50. The number of halogens is 2. The average molecular weight is 268 g/mol. The van der Waals surface area contributed by atoms with E-state index in [-0.39, 0.29) is 12.4 Å². The second kappa shape index (κ2) is 5.72. The molecule has 0 saturated heterocycles. The summed E-state index contributed by atoms with van der Waals surface area (Å²) in [4.78, 5) is 4.12. The number of nitrogens with zero attached hydrogens (tertiary/aromatic N) is 3. The van der Waals surface area contributed by atoms with E-state index in [4.69, 9.17) is 16.9 Å². The lowest BCUT2D eigenvalue weighted by atomic mass is 10.1. The van der Waals surface area contributed by atoms with Crippen LogP contribution >= 0.6 is 24.0 Å². The fourth-order valence-corrected chi connectivity index (χ4v) is 1.73. The van der Waals surface area contributed by atoms with Gasteiger partial charge in [0.25, 0.3) is 0 Å². The quantitative estimate of drug-likeness (QED) is 0.839. The van der Waals surface area contributed by atoms with Gasteiger partial charge in [0.1, 0.15) is 11.0 Å². The van der Waals surface area contributed by atoms with E-state index in [2.05, 4.69) is 11.1 Å². The van der Waals surface area contributed by atoms with Crippen molar-refractivity contribution >= 4 is 24.0 Å². The van der Waals surface area contributed by atoms with Gasteiger partial charge >= 0.3 is 0 Å². The molecule has 88 valence electrons. The molecular weight excluding hydrogens is 257 g/mol. The highest BCUT2D eigenvalue weighted by Crippen LogP contribution is 2.14. The summed E-state index contributed by atoms with van der Waals surface area (Å²) >= 11 is 6.00. The van der Waals surface area contributed by atoms with Gasteiger partial charge in [-0.2, -0.15) is 5.26 Å². The van der Waals surface area contributed by atoms with Crippen LogP contribution in [0.25, 0.3) is 0 Å². The van der Waals surface area contributed by atoms with Gasteiger partial charge < -0.3 is 4.57 Å². The lowest BCUT2D eigenvalue weighted by Gasteiger charge is -2.06. The summed E-state index contributed by atoms with van der Waals surface area (Å²) in [5, 5.41) is 9.31. The van der Waals surface area contributed by atoms with Gasteiger partial charge in [-0.15, -0.1) is 12.4 Å². The molecule has 5 heteroatoms. The molecule has 1 aromatic carbocycles. The first-order chi connectivity index (χ1) is 7.70. The van der Waals surface area contributed by atoms with E-state index in [1.807, 2.05) is 23.6 Å². The lowest BCUT2D eigenvalue weighted by Crippen LogP contribution is -2.02. The molecule has 0 bridgehead atoms. The van der Waals surface area contributed by atoms with E-state index in [1.54, 1.807) is 18.3 Å². The number of nitriles is 1. The first-order valence-corrected chi connectivity index (χ1v) is 5.25. The van der Waals surface area contributed by atoms with E-state index in [9.17, 15) is 0 Å². The molecule has 0 atom stereocenters. The molecule has 0 fully saturated rings. The van der Waals surface area contributed by atoms with Gasteiger partial charge in [-0.25, -0.2) is 4.98 Å². The molecule has 0 aliphatic rings. The van der Waals surface area contributed by atoms with Crippen LogP contribution in [-0.2, 0) is 6.54 Å². The Kier molecular flexibility index (Phi) is 4.56. The minimum Gasteiger partial charge on any atom is -0.315 e. The van der Waals surface area contributed by atoms with Crippen LogP contribution in [0.15, 0.2) is 30.5 Å². The molecule has 0 amide bonds. The normalized spacial score (nSPS) is 9.47. The van der Waals surface area contributed by atoms with Gasteiger partial charge in [-0.3, -0.25) is 0 Å². The van der Waals surface area contributed by atoms with E-state index < -0.39 is 0 Å². The summed E-state index contributed by atoms with van der Waals surface area (Å²) in [6.45, 7) is 2.59. The summed E-state index contributed by atoms with van der Waals surface area (Å²) in [5.74, 6) is 0.884. The van der Waals surface area contributed by atoms with Crippen molar-refractivity contribution in [1.29, 1.82) is 5.26 Å². The summed E-state index contributed by atoms with van der Waals surface area (Å²) in [5.41, 5.74) is 1.76. The van der Waals surface area contributed by atoms with Crippen molar-refractivity contribution < 1.29 is 0 Å². The second-order valence-electron chi connectivity index (χ2n) is 3.52. The van der Waals surface area contributed by atoms with Crippen LogP contribution in [0.1, 0.15) is 17.0 Å². The smallest absolute Gasteiger partial charge is 0.129 e. The summed E-state index contributed by atoms with van der Waals surface area (Å²) in [7, 11) is 0. The fourth-order valence-electron chi connectivity index (χ4n) is 1.50. The highest BCUT2D eigenvalue weighted by Gasteiger charge is 2.04. The Morgan fingerprint density at radius 1 is 1.35 bits per heavy atom. The van der Waals surface area contributed by atoms with Crippen molar-refractivity contribution in [2.75, 3.05) is 0 Å². The van der Waals surface area contributed by atoms with Gasteiger partial charge in [0.05, 0.1) is 24.4 Å². The average Bonchev–Trinajstić information content (AvgIpc) is 2.62. The monoisotopic (exact) mass is 267 g/mol. The topological polar surface area (TPSA) is 41.6 Å². The SMILES string of the molecule is Cc1ncc(Cl)n1Cc1ccc(C#N)cc1.Cl. The molecule has 3 nitrogen and oxygen atoms in total. The molecule has 2 rings (SSSR count). The summed E-state index contributed by atoms with van der Waals surface area (Å²) < 4.78 is 1.92. The predicted molar refractivity (Wildman–Crippen MR) is 69.5 cm³/mol. The molecule has 17 heavy (non-hydrogen) atoms. The third-order valence-corrected chi connectivity index (χ3v) is 2.73. The van der Waals surface area contributed by atoms with Crippen LogP contribution in [0, 0.1) is 18.3 Å². The van der Waals surface area contributed by atoms with Crippen LogP contribution in [-0.4, -0.2) is 9.55 Å². The molecule has 0 aliphatic heterocycles. The lowest BCUT2D eigenvalue weighted by molar-refractivity contribution is 0.762. The van der Waals surface area contributed by atoms with Gasteiger partial charge in [0, 0.05) is 0 Å². The fraction of sp³-hybridized carbons (Fsp3) is 0.167. The van der Waals surface area contributed by atoms with Crippen LogP contribution in [0.3, 0.4) is 0 Å². The zero-order valence-corrected chi connectivity index (χ0v) is 10.8. The molecule has 0 unspecified atom stereocenters. The number of hydrogen-bond acceptors (Lipinski definition) is 2. The maximum atomic E-state index is 8.69. The number of benzene rings is 1. The Balaban J connectivity index is 0.00000144. The van der Waals surface area contributed by atoms with Crippen LogP contribution in [0.2, 0.25) is 5.15 Å². The van der Waals surface area contributed by atoms with Gasteiger partial charge in [0.15, 0.2) is 0 Å². The number of imidazole rings is 1. The zero-order valence-electron chi connectivity index (χ0n) is 9.22. The Morgan fingerprint density at radius 3 is 2.47 bits per heavy atom. The number of aromatic nitrogens is 2. The molecule has 2 aromatic rings. The van der Waals surface area contributed by atoms with Crippen molar-refractivity contribution in [3.8, 4) is 6.07 Å². The minimum atomic E-state index is 0. The zero-order chi connectivity index (χ0) is 11.5. The maximum absolute atomic E-state index is 8.69. The van der Waals surface area contributed by atoms with Crippen molar-refractivity contribution in [1.82, 2.24) is 9.55 Å². The van der Waals surface area contributed by atoms with E-state index in [0.29, 0.717) is 17.3 Å². The van der Waals surface area contributed by atoms with Gasteiger partial charge in [-0.1, -0.05) is 23.7 Å². The third kappa shape index (κ3) is 3.00. The van der Waals surface area contributed by atoms with Crippen LogP contribution < -0.4 is 0 Å². The van der Waals surface area contributed by atoms with E-state index in [0.717, 1.165) is 11.4 Å². The van der Waals surface area contributed by atoms with Gasteiger partial charge in [0.2, 0.25) is 0 Å². The second-order valence-corrected chi connectivity index (χ2v) is 3.91. The molecule has 1 heterocycles. The standard InChI is InChI=1S/C12H10ClN3.ClH/c1-9-15-7-12(13)16(9)8-11-4-2-10(6-14)3-5-11;/h2-5,7H,8H2,1H3;1H. The van der Waals surface area contributed by atoms with Crippen molar-refractivity contribution in [3.05, 3.63) is 52.6 Å². The summed E-state index contributed by atoms with van der Waals surface area (Å²) in [6, 6.07) is 9.54. The molecule has 0 spiro atoms. The third-order valence-electron chi connectivity index (χ3n) is 2.43. The maximum Gasteiger partial charge on any atom is 0.129 e. The Labute approximate surface area is 111 Å². The number of aryl methyl sites for hydroxylation is 1. The Morgan fingerprint density at radius 2 is 2.00 bits per heavy atom. The Bertz CT molecular complexity index is 518. The first kappa shape index (κ1) is 13.6. The highest BCUT2D eigenvalue weighted by molar-refractivity contribution is 6.29. The van der Waals surface area contributed by atoms with E-state index in [1.165, 1.54) is 0 Å².